The van der Waals surface area contributed by atoms with Crippen LogP contribution in [0.5, 0.6) is 11.5 Å². The van der Waals surface area contributed by atoms with Crippen molar-refractivity contribution >= 4 is 23.7 Å². The summed E-state index contributed by atoms with van der Waals surface area (Å²) in [5.41, 5.74) is 1.24. The van der Waals surface area contributed by atoms with Crippen LogP contribution in [-0.4, -0.2) is 47.3 Å². The van der Waals surface area contributed by atoms with Gasteiger partial charge in [0.05, 0.1) is 6.54 Å². The summed E-state index contributed by atoms with van der Waals surface area (Å²) in [5, 5.41) is 12.3. The molecule has 0 aliphatic carbocycles. The molecule has 0 unspecified atom stereocenters. The quantitative estimate of drug-likeness (QED) is 0.512. The highest BCUT2D eigenvalue weighted by molar-refractivity contribution is 5.86. The number of ether oxygens (including phenoxy) is 1. The van der Waals surface area contributed by atoms with Crippen LogP contribution >= 0.6 is 0 Å². The molecule has 1 aliphatic heterocycles. The number of carbonyl (C=O) groups is 3. The lowest BCUT2D eigenvalue weighted by Gasteiger charge is -2.29. The molecule has 35 heavy (non-hydrogen) atoms. The predicted molar refractivity (Wildman–Crippen MR) is 126 cm³/mol. The average Bonchev–Trinajstić information content (AvgIpc) is 2.80. The van der Waals surface area contributed by atoms with E-state index in [4.69, 9.17) is 9.84 Å². The van der Waals surface area contributed by atoms with Crippen molar-refractivity contribution in [3.8, 4) is 11.5 Å². The first-order valence-corrected chi connectivity index (χ1v) is 11.3. The summed E-state index contributed by atoms with van der Waals surface area (Å²) in [6.07, 6.45) is 3.15. The zero-order valence-electron chi connectivity index (χ0n) is 19.6. The fourth-order valence-corrected chi connectivity index (χ4v) is 3.90. The van der Waals surface area contributed by atoms with Crippen LogP contribution in [0.4, 0.5) is 8.78 Å². The number of nitrogens with one attached hydrogen (secondary N) is 1. The highest BCUT2D eigenvalue weighted by Crippen LogP contribution is 2.32. The van der Waals surface area contributed by atoms with Crippen molar-refractivity contribution in [2.24, 2.45) is 5.92 Å². The third-order valence-electron chi connectivity index (χ3n) is 5.73. The molecule has 186 valence electrons. The Morgan fingerprint density at radius 2 is 1.86 bits per heavy atom. The largest absolute Gasteiger partial charge is 0.478 e. The molecule has 1 heterocycles. The van der Waals surface area contributed by atoms with E-state index in [0.29, 0.717) is 37.1 Å². The van der Waals surface area contributed by atoms with Gasteiger partial charge in [-0.15, -0.1) is 0 Å². The molecule has 1 fully saturated rings. The van der Waals surface area contributed by atoms with Crippen LogP contribution in [0, 0.1) is 17.6 Å². The van der Waals surface area contributed by atoms with Gasteiger partial charge in [-0.1, -0.05) is 19.9 Å². The van der Waals surface area contributed by atoms with Crippen molar-refractivity contribution in [3.63, 3.8) is 0 Å². The zero-order chi connectivity index (χ0) is 25.5. The molecule has 1 atom stereocenters. The summed E-state index contributed by atoms with van der Waals surface area (Å²) in [5.74, 6) is -2.59. The first-order chi connectivity index (χ1) is 16.6. The minimum atomic E-state index is -1.12. The van der Waals surface area contributed by atoms with Crippen LogP contribution < -0.4 is 10.1 Å². The summed E-state index contributed by atoms with van der Waals surface area (Å²) in [6, 6.07) is 7.46. The van der Waals surface area contributed by atoms with Gasteiger partial charge >= 0.3 is 5.97 Å². The van der Waals surface area contributed by atoms with Crippen molar-refractivity contribution in [2.75, 3.05) is 19.6 Å². The van der Waals surface area contributed by atoms with Crippen LogP contribution in [0.3, 0.4) is 0 Å². The molecule has 1 amide bonds. The maximum atomic E-state index is 14.1. The lowest BCUT2D eigenvalue weighted by molar-refractivity contribution is -0.134. The minimum Gasteiger partial charge on any atom is -0.478 e. The Hall–Kier alpha value is -3.59. The molecule has 1 aliphatic rings. The number of ketones is 1. The van der Waals surface area contributed by atoms with Crippen molar-refractivity contribution < 1.29 is 33.0 Å². The number of aliphatic carboxylic acids is 1. The molecule has 7 nitrogen and oxygen atoms in total. The average molecular weight is 487 g/mol. The van der Waals surface area contributed by atoms with Crippen LogP contribution in [0.2, 0.25) is 0 Å². The van der Waals surface area contributed by atoms with Gasteiger partial charge in [0.15, 0.2) is 11.6 Å². The van der Waals surface area contributed by atoms with Crippen molar-refractivity contribution in [3.05, 3.63) is 65.2 Å². The second kappa shape index (κ2) is 11.7. The Bertz CT molecular complexity index is 1120. The fraction of sp³-hybridized carbons (Fsp3) is 0.346. The summed E-state index contributed by atoms with van der Waals surface area (Å²) in [4.78, 5) is 36.9. The molecule has 0 aromatic heterocycles. The number of Topliss-reactive ketones (excluding diaryl/α,β-unsaturated/α-hetero) is 1. The predicted octanol–water partition coefficient (Wildman–Crippen LogP) is 4.33. The van der Waals surface area contributed by atoms with E-state index < -0.39 is 17.6 Å². The number of carboxylic acids is 1. The number of carboxylic acid groups (broad SMARTS) is 1. The number of piperidine rings is 1. The second-order valence-electron chi connectivity index (χ2n) is 8.66. The van der Waals surface area contributed by atoms with Gasteiger partial charge in [0.2, 0.25) is 5.91 Å². The first kappa shape index (κ1) is 26.0. The lowest BCUT2D eigenvalue weighted by Crippen LogP contribution is -2.44. The standard InChI is InChI=1S/C26H28F2N2O5/c1-16(2)26(29-15-24(32)30-11-9-19(31)10-12-30)21-14-20(6-3-17(21)4-8-25(33)34)35-23-7-5-18(27)13-22(23)28/h3-8,13-14,16,26,29H,9-12,15H2,1-2H3,(H,33,34)/b8-4+/t26-/m0/s1. The van der Waals surface area contributed by atoms with Gasteiger partial charge in [0.1, 0.15) is 17.3 Å². The summed E-state index contributed by atoms with van der Waals surface area (Å²) >= 11 is 0. The number of benzene rings is 2. The third-order valence-corrected chi connectivity index (χ3v) is 5.73. The summed E-state index contributed by atoms with van der Waals surface area (Å²) < 4.78 is 33.0. The zero-order valence-corrected chi connectivity index (χ0v) is 19.6. The molecule has 0 saturated carbocycles. The Morgan fingerprint density at radius 1 is 1.14 bits per heavy atom. The van der Waals surface area contributed by atoms with Gasteiger partial charge in [-0.3, -0.25) is 9.59 Å². The normalized spacial score (nSPS) is 15.0. The number of amides is 1. The van der Waals surface area contributed by atoms with Gasteiger partial charge in [0.25, 0.3) is 0 Å². The Kier molecular flexibility index (Phi) is 8.70. The van der Waals surface area contributed by atoms with Gasteiger partial charge < -0.3 is 20.1 Å². The van der Waals surface area contributed by atoms with E-state index in [1.807, 2.05) is 13.8 Å². The van der Waals surface area contributed by atoms with E-state index >= 15 is 0 Å². The second-order valence-corrected chi connectivity index (χ2v) is 8.66. The van der Waals surface area contributed by atoms with Gasteiger partial charge in [-0.2, -0.15) is 0 Å². The number of likely N-dealkylation sites (tertiary alicyclic amines) is 1. The molecule has 3 rings (SSSR count). The number of rotatable bonds is 9. The van der Waals surface area contributed by atoms with Crippen molar-refractivity contribution in [2.45, 2.75) is 32.7 Å². The van der Waals surface area contributed by atoms with E-state index in [2.05, 4.69) is 5.32 Å². The van der Waals surface area contributed by atoms with Gasteiger partial charge in [-0.25, -0.2) is 13.6 Å². The molecule has 0 radical (unpaired) electrons. The lowest BCUT2D eigenvalue weighted by atomic mass is 9.91. The molecular formula is C26H28F2N2O5. The number of hydrogen-bond acceptors (Lipinski definition) is 5. The van der Waals surface area contributed by atoms with Gasteiger partial charge in [-0.05, 0) is 47.4 Å². The topological polar surface area (TPSA) is 95.9 Å². The number of hydrogen-bond donors (Lipinski definition) is 2. The van der Waals surface area contributed by atoms with Crippen LogP contribution in [0.1, 0.15) is 43.9 Å². The maximum Gasteiger partial charge on any atom is 0.328 e. The summed E-state index contributed by atoms with van der Waals surface area (Å²) in [6.45, 7) is 4.70. The molecule has 2 aromatic carbocycles. The monoisotopic (exact) mass is 486 g/mol. The summed E-state index contributed by atoms with van der Waals surface area (Å²) in [7, 11) is 0. The molecule has 2 aromatic rings. The Balaban J connectivity index is 1.87. The molecule has 0 bridgehead atoms. The molecule has 0 spiro atoms. The highest BCUT2D eigenvalue weighted by atomic mass is 19.1. The fourth-order valence-electron chi connectivity index (χ4n) is 3.90. The maximum absolute atomic E-state index is 14.1. The van der Waals surface area contributed by atoms with Crippen LogP contribution in [0.25, 0.3) is 6.08 Å². The molecular weight excluding hydrogens is 458 g/mol. The van der Waals surface area contributed by atoms with E-state index in [9.17, 15) is 23.2 Å². The SMILES string of the molecule is CC(C)[C@H](NCC(=O)N1CCC(=O)CC1)c1cc(Oc2ccc(F)cc2F)ccc1/C=C/C(=O)O. The van der Waals surface area contributed by atoms with E-state index in [0.717, 1.165) is 18.2 Å². The Morgan fingerprint density at radius 3 is 2.49 bits per heavy atom. The smallest absolute Gasteiger partial charge is 0.328 e. The Labute approximate surface area is 202 Å². The van der Waals surface area contributed by atoms with Crippen LogP contribution in [-0.2, 0) is 14.4 Å². The van der Waals surface area contributed by atoms with E-state index in [1.54, 1.807) is 23.1 Å². The van der Waals surface area contributed by atoms with E-state index in [-0.39, 0.29) is 41.7 Å². The number of carbonyl (C=O) groups excluding carboxylic acids is 2. The van der Waals surface area contributed by atoms with Crippen LogP contribution in [0.15, 0.2) is 42.5 Å². The molecule has 1 saturated heterocycles. The van der Waals surface area contributed by atoms with Gasteiger partial charge in [0, 0.05) is 44.1 Å². The minimum absolute atomic E-state index is 0.0134. The van der Waals surface area contributed by atoms with Crippen molar-refractivity contribution in [1.29, 1.82) is 0 Å². The molecule has 2 N–H and O–H groups in total. The number of nitrogens with zero attached hydrogens (tertiary/aromatic N) is 1. The highest BCUT2D eigenvalue weighted by Gasteiger charge is 2.24. The third kappa shape index (κ3) is 7.19. The van der Waals surface area contributed by atoms with E-state index in [1.165, 1.54) is 12.1 Å². The van der Waals surface area contributed by atoms with Crippen molar-refractivity contribution in [1.82, 2.24) is 10.2 Å². The molecule has 9 heteroatoms. The first-order valence-electron chi connectivity index (χ1n) is 11.3. The number of halogens is 2.